The van der Waals surface area contributed by atoms with E-state index in [9.17, 15) is 14.4 Å². The molecule has 0 bridgehead atoms. The molecule has 30 heavy (non-hydrogen) atoms. The lowest BCUT2D eigenvalue weighted by Crippen LogP contribution is -2.32. The van der Waals surface area contributed by atoms with E-state index in [1.807, 2.05) is 13.0 Å². The topological polar surface area (TPSA) is 105 Å². The molecule has 156 valence electrons. The van der Waals surface area contributed by atoms with Crippen molar-refractivity contribution in [3.63, 3.8) is 0 Å². The predicted octanol–water partition coefficient (Wildman–Crippen LogP) is 4.12. The van der Waals surface area contributed by atoms with Crippen LogP contribution in [-0.2, 0) is 9.59 Å². The summed E-state index contributed by atoms with van der Waals surface area (Å²) in [7, 11) is 0. The average molecular weight is 445 g/mol. The van der Waals surface area contributed by atoms with E-state index in [2.05, 4.69) is 15.5 Å². The first-order valence-corrected chi connectivity index (χ1v) is 11.4. The van der Waals surface area contributed by atoms with Crippen molar-refractivity contribution in [1.29, 1.82) is 0 Å². The number of nitrogens with zero attached hydrogens (tertiary/aromatic N) is 3. The Morgan fingerprint density at radius 2 is 2.03 bits per heavy atom. The standard InChI is InChI=1S/C20H20N4O4S2/c1-3-16(27)24(12-8-9-12)19-22-23-20(30-19)29-10-15(26)21-17-13-6-4-5-7-14(13)28-18(17)11(2)25/h4-7,12H,3,8-10H2,1-2H3,(H,21,26). The molecule has 0 radical (unpaired) electrons. The third-order valence-electron chi connectivity index (χ3n) is 4.59. The second kappa shape index (κ2) is 8.57. The second-order valence-corrected chi connectivity index (χ2v) is 9.07. The Hall–Kier alpha value is -2.72. The Morgan fingerprint density at radius 3 is 2.73 bits per heavy atom. The molecule has 1 N–H and O–H groups in total. The number of nitrogens with one attached hydrogen (secondary N) is 1. The molecule has 2 aromatic heterocycles. The van der Waals surface area contributed by atoms with Crippen molar-refractivity contribution >= 4 is 62.5 Å². The zero-order chi connectivity index (χ0) is 21.3. The predicted molar refractivity (Wildman–Crippen MR) is 116 cm³/mol. The minimum atomic E-state index is -0.283. The first-order chi connectivity index (χ1) is 14.5. The van der Waals surface area contributed by atoms with Gasteiger partial charge in [-0.05, 0) is 25.0 Å². The minimum Gasteiger partial charge on any atom is -0.451 e. The number of para-hydroxylation sites is 1. The van der Waals surface area contributed by atoms with E-state index in [0.717, 1.165) is 12.8 Å². The summed E-state index contributed by atoms with van der Waals surface area (Å²) in [6, 6.07) is 7.38. The van der Waals surface area contributed by atoms with E-state index in [0.29, 0.717) is 32.5 Å². The Labute approximate surface area is 181 Å². The van der Waals surface area contributed by atoms with Gasteiger partial charge in [0, 0.05) is 24.8 Å². The molecule has 0 saturated heterocycles. The van der Waals surface area contributed by atoms with Gasteiger partial charge in [0.05, 0.1) is 11.4 Å². The molecule has 0 unspecified atom stereocenters. The van der Waals surface area contributed by atoms with Crippen molar-refractivity contribution < 1.29 is 18.8 Å². The van der Waals surface area contributed by atoms with Gasteiger partial charge in [-0.2, -0.15) is 0 Å². The van der Waals surface area contributed by atoms with Crippen LogP contribution in [0.25, 0.3) is 11.0 Å². The molecule has 10 heteroatoms. The van der Waals surface area contributed by atoms with Gasteiger partial charge in [0.1, 0.15) is 5.58 Å². The van der Waals surface area contributed by atoms with Crippen LogP contribution in [0.5, 0.6) is 0 Å². The Balaban J connectivity index is 1.43. The molecule has 0 spiro atoms. The molecule has 1 aliphatic rings. The number of benzene rings is 1. The molecule has 0 atom stereocenters. The molecule has 4 rings (SSSR count). The fourth-order valence-corrected chi connectivity index (χ4v) is 4.78. The van der Waals surface area contributed by atoms with E-state index >= 15 is 0 Å². The van der Waals surface area contributed by atoms with Crippen LogP contribution < -0.4 is 10.2 Å². The second-order valence-electron chi connectivity index (χ2n) is 6.89. The summed E-state index contributed by atoms with van der Waals surface area (Å²) < 4.78 is 6.20. The van der Waals surface area contributed by atoms with Crippen LogP contribution in [-0.4, -0.2) is 39.6 Å². The molecular weight excluding hydrogens is 424 g/mol. The zero-order valence-corrected chi connectivity index (χ0v) is 18.1. The number of rotatable bonds is 8. The highest BCUT2D eigenvalue weighted by Gasteiger charge is 2.35. The van der Waals surface area contributed by atoms with Crippen molar-refractivity contribution in [3.05, 3.63) is 30.0 Å². The molecule has 8 nitrogen and oxygen atoms in total. The molecule has 1 aromatic carbocycles. The highest BCUT2D eigenvalue weighted by molar-refractivity contribution is 8.01. The van der Waals surface area contributed by atoms with E-state index < -0.39 is 0 Å². The van der Waals surface area contributed by atoms with Gasteiger partial charge in [-0.3, -0.25) is 19.3 Å². The number of hydrogen-bond acceptors (Lipinski definition) is 8. The van der Waals surface area contributed by atoms with Crippen LogP contribution in [0.2, 0.25) is 0 Å². The normalized spacial score (nSPS) is 13.4. The molecule has 3 aromatic rings. The number of furan rings is 1. The highest BCUT2D eigenvalue weighted by atomic mass is 32.2. The number of carbonyl (C=O) groups excluding carboxylic acids is 3. The molecule has 1 aliphatic carbocycles. The molecular formula is C20H20N4O4S2. The van der Waals surface area contributed by atoms with Gasteiger partial charge in [0.25, 0.3) is 0 Å². The van der Waals surface area contributed by atoms with Gasteiger partial charge < -0.3 is 9.73 Å². The summed E-state index contributed by atoms with van der Waals surface area (Å²) in [6.45, 7) is 3.22. The first kappa shape index (κ1) is 20.5. The number of amides is 2. The molecule has 0 aliphatic heterocycles. The molecule has 1 saturated carbocycles. The molecule has 1 fully saturated rings. The SMILES string of the molecule is CCC(=O)N(c1nnc(SCC(=O)Nc2c(C(C)=O)oc3ccccc23)s1)C1CC1. The number of anilines is 2. The summed E-state index contributed by atoms with van der Waals surface area (Å²) in [4.78, 5) is 38.3. The maximum absolute atomic E-state index is 12.5. The van der Waals surface area contributed by atoms with Gasteiger partial charge in [0.15, 0.2) is 15.9 Å². The van der Waals surface area contributed by atoms with Crippen LogP contribution in [0.15, 0.2) is 33.0 Å². The van der Waals surface area contributed by atoms with E-state index in [-0.39, 0.29) is 35.2 Å². The van der Waals surface area contributed by atoms with Gasteiger partial charge in [-0.25, -0.2) is 0 Å². The van der Waals surface area contributed by atoms with Crippen LogP contribution in [0, 0.1) is 0 Å². The van der Waals surface area contributed by atoms with Crippen molar-refractivity contribution in [1.82, 2.24) is 10.2 Å². The number of ketones is 1. The van der Waals surface area contributed by atoms with Gasteiger partial charge in [-0.15, -0.1) is 10.2 Å². The summed E-state index contributed by atoms with van der Waals surface area (Å²) in [5, 5.41) is 12.3. The van der Waals surface area contributed by atoms with Crippen LogP contribution in [0.3, 0.4) is 0 Å². The van der Waals surface area contributed by atoms with E-state index in [1.165, 1.54) is 30.0 Å². The first-order valence-electron chi connectivity index (χ1n) is 9.58. The maximum atomic E-state index is 12.5. The number of Topliss-reactive ketones (excluding diaryl/α,β-unsaturated/α-hetero) is 1. The van der Waals surface area contributed by atoms with Crippen molar-refractivity contribution in [2.75, 3.05) is 16.0 Å². The lowest BCUT2D eigenvalue weighted by molar-refractivity contribution is -0.118. The van der Waals surface area contributed by atoms with Gasteiger partial charge >= 0.3 is 0 Å². The summed E-state index contributed by atoms with van der Waals surface area (Å²) in [5.41, 5.74) is 0.926. The minimum absolute atomic E-state index is 0.0338. The number of hydrogen-bond donors (Lipinski definition) is 1. The van der Waals surface area contributed by atoms with E-state index in [4.69, 9.17) is 4.42 Å². The number of aromatic nitrogens is 2. The lowest BCUT2D eigenvalue weighted by atomic mass is 10.2. The largest absolute Gasteiger partial charge is 0.451 e. The Morgan fingerprint density at radius 1 is 1.27 bits per heavy atom. The third-order valence-corrected chi connectivity index (χ3v) is 6.65. The average Bonchev–Trinajstić information content (AvgIpc) is 3.34. The highest BCUT2D eigenvalue weighted by Crippen LogP contribution is 2.36. The summed E-state index contributed by atoms with van der Waals surface area (Å²) in [5.74, 6) is -0.285. The zero-order valence-electron chi connectivity index (χ0n) is 16.5. The van der Waals surface area contributed by atoms with Crippen LogP contribution in [0.4, 0.5) is 10.8 Å². The Bertz CT molecular complexity index is 1120. The Kier molecular flexibility index (Phi) is 5.87. The number of carbonyl (C=O) groups is 3. The van der Waals surface area contributed by atoms with Gasteiger partial charge in [-0.1, -0.05) is 42.2 Å². The van der Waals surface area contributed by atoms with E-state index in [1.54, 1.807) is 23.1 Å². The van der Waals surface area contributed by atoms with Crippen molar-refractivity contribution in [3.8, 4) is 0 Å². The maximum Gasteiger partial charge on any atom is 0.234 e. The third kappa shape index (κ3) is 4.24. The smallest absolute Gasteiger partial charge is 0.234 e. The van der Waals surface area contributed by atoms with Crippen LogP contribution >= 0.6 is 23.1 Å². The molecule has 2 heterocycles. The van der Waals surface area contributed by atoms with Gasteiger partial charge in [0.2, 0.25) is 16.9 Å². The summed E-state index contributed by atoms with van der Waals surface area (Å²) in [6.07, 6.45) is 2.37. The monoisotopic (exact) mass is 444 g/mol. The summed E-state index contributed by atoms with van der Waals surface area (Å²) >= 11 is 2.55. The van der Waals surface area contributed by atoms with Crippen molar-refractivity contribution in [2.45, 2.75) is 43.5 Å². The van der Waals surface area contributed by atoms with Crippen molar-refractivity contribution in [2.24, 2.45) is 0 Å². The number of thioether (sulfide) groups is 1. The quantitative estimate of drug-likeness (QED) is 0.316. The fraction of sp³-hybridized carbons (Fsp3) is 0.350. The number of fused-ring (bicyclic) bond motifs is 1. The lowest BCUT2D eigenvalue weighted by Gasteiger charge is -2.17. The molecule has 2 amide bonds. The van der Waals surface area contributed by atoms with Crippen LogP contribution in [0.1, 0.15) is 43.7 Å². The fourth-order valence-electron chi connectivity index (χ4n) is 3.05.